The van der Waals surface area contributed by atoms with Crippen molar-refractivity contribution in [2.24, 2.45) is 0 Å². The van der Waals surface area contributed by atoms with Gasteiger partial charge in [-0.05, 0) is 48.4 Å². The molecule has 0 bridgehead atoms. The maximum atomic E-state index is 10.1. The van der Waals surface area contributed by atoms with Crippen LogP contribution in [0.2, 0.25) is 0 Å². The molecule has 2 aromatic carbocycles. The van der Waals surface area contributed by atoms with Crippen LogP contribution in [0.4, 0.5) is 0 Å². The molecule has 0 aliphatic carbocycles. The normalized spacial score (nSPS) is 13.4. The lowest BCUT2D eigenvalue weighted by Crippen LogP contribution is -2.31. The molecule has 1 aliphatic heterocycles. The van der Waals surface area contributed by atoms with E-state index in [-0.39, 0.29) is 13.4 Å². The van der Waals surface area contributed by atoms with Gasteiger partial charge in [-0.3, -0.25) is 0 Å². The maximum absolute atomic E-state index is 10.1. The highest BCUT2D eigenvalue weighted by molar-refractivity contribution is 5.44. The van der Waals surface area contributed by atoms with Crippen LogP contribution in [-0.2, 0) is 17.8 Å². The molecule has 2 N–H and O–H groups in total. The van der Waals surface area contributed by atoms with E-state index >= 15 is 0 Å². The molecule has 7 heteroatoms. The first-order chi connectivity index (χ1) is 13.7. The van der Waals surface area contributed by atoms with Crippen LogP contribution in [0.1, 0.15) is 11.1 Å². The Bertz CT molecular complexity index is 767. The monoisotopic (exact) mass is 389 g/mol. The Balaban J connectivity index is 1.32. The molecular formula is C21H27NO6. The van der Waals surface area contributed by atoms with Gasteiger partial charge >= 0.3 is 0 Å². The minimum absolute atomic E-state index is 0.257. The summed E-state index contributed by atoms with van der Waals surface area (Å²) in [5.74, 6) is 2.92. The number of fused-ring (bicyclic) bond motifs is 1. The van der Waals surface area contributed by atoms with E-state index in [1.54, 1.807) is 14.2 Å². The molecule has 0 amide bonds. The predicted molar refractivity (Wildman–Crippen MR) is 104 cm³/mol. The van der Waals surface area contributed by atoms with Crippen LogP contribution in [0.25, 0.3) is 0 Å². The van der Waals surface area contributed by atoms with Crippen molar-refractivity contribution in [3.63, 3.8) is 0 Å². The summed E-state index contributed by atoms with van der Waals surface area (Å²) >= 11 is 0. The second-order valence-electron chi connectivity index (χ2n) is 6.50. The molecule has 1 atom stereocenters. The van der Waals surface area contributed by atoms with E-state index in [0.29, 0.717) is 18.9 Å². The Morgan fingerprint density at radius 1 is 1.00 bits per heavy atom. The quantitative estimate of drug-likeness (QED) is 0.570. The van der Waals surface area contributed by atoms with Crippen LogP contribution < -0.4 is 24.3 Å². The van der Waals surface area contributed by atoms with Crippen molar-refractivity contribution in [2.45, 2.75) is 19.1 Å². The van der Waals surface area contributed by atoms with E-state index in [4.69, 9.17) is 23.7 Å². The van der Waals surface area contributed by atoms with E-state index in [1.165, 1.54) is 0 Å². The number of aliphatic hydroxyl groups is 1. The first kappa shape index (κ1) is 20.3. The van der Waals surface area contributed by atoms with Crippen molar-refractivity contribution in [1.29, 1.82) is 0 Å². The van der Waals surface area contributed by atoms with Gasteiger partial charge in [-0.2, -0.15) is 0 Å². The molecule has 0 saturated carbocycles. The second-order valence-corrected chi connectivity index (χ2v) is 6.50. The number of hydrogen-bond donors (Lipinski definition) is 2. The van der Waals surface area contributed by atoms with Crippen LogP contribution in [0.5, 0.6) is 23.0 Å². The Labute approximate surface area is 165 Å². The molecule has 0 saturated heterocycles. The largest absolute Gasteiger partial charge is 0.493 e. The summed E-state index contributed by atoms with van der Waals surface area (Å²) in [7, 11) is 3.24. The number of nitrogens with one attached hydrogen (secondary N) is 1. The highest BCUT2D eigenvalue weighted by Crippen LogP contribution is 2.32. The van der Waals surface area contributed by atoms with Gasteiger partial charge in [-0.1, -0.05) is 12.1 Å². The SMILES string of the molecule is COc1ccc(CCNCC(O)COCc2ccc3c(c2)OCO3)cc1OC. The molecule has 1 unspecified atom stereocenters. The van der Waals surface area contributed by atoms with Crippen molar-refractivity contribution in [3.05, 3.63) is 47.5 Å². The maximum Gasteiger partial charge on any atom is 0.231 e. The summed E-state index contributed by atoms with van der Waals surface area (Å²) in [5.41, 5.74) is 2.12. The fraction of sp³-hybridized carbons (Fsp3) is 0.429. The third-order valence-corrected chi connectivity index (χ3v) is 4.43. The Morgan fingerprint density at radius 2 is 1.79 bits per heavy atom. The van der Waals surface area contributed by atoms with E-state index in [2.05, 4.69) is 5.32 Å². The highest BCUT2D eigenvalue weighted by Gasteiger charge is 2.13. The van der Waals surface area contributed by atoms with Gasteiger partial charge in [0.15, 0.2) is 23.0 Å². The number of rotatable bonds is 11. The molecule has 7 nitrogen and oxygen atoms in total. The van der Waals surface area contributed by atoms with Gasteiger partial charge in [0, 0.05) is 6.54 Å². The first-order valence-electron chi connectivity index (χ1n) is 9.25. The predicted octanol–water partition coefficient (Wildman–Crippen LogP) is 2.14. The van der Waals surface area contributed by atoms with Gasteiger partial charge in [0.05, 0.1) is 33.5 Å². The van der Waals surface area contributed by atoms with Crippen molar-refractivity contribution >= 4 is 0 Å². The zero-order valence-corrected chi connectivity index (χ0v) is 16.3. The minimum atomic E-state index is -0.570. The van der Waals surface area contributed by atoms with Crippen molar-refractivity contribution in [3.8, 4) is 23.0 Å². The van der Waals surface area contributed by atoms with Crippen LogP contribution in [-0.4, -0.2) is 51.9 Å². The standard InChI is InChI=1S/C21H27NO6/c1-24-18-5-3-15(9-20(18)25-2)7-8-22-11-17(23)13-26-12-16-4-6-19-21(10-16)28-14-27-19/h3-6,9-10,17,22-23H,7-8,11-14H2,1-2H3. The smallest absolute Gasteiger partial charge is 0.231 e. The zero-order chi connectivity index (χ0) is 19.8. The Kier molecular flexibility index (Phi) is 7.36. The topological polar surface area (TPSA) is 78.4 Å². The summed E-state index contributed by atoms with van der Waals surface area (Å²) in [4.78, 5) is 0. The molecule has 152 valence electrons. The van der Waals surface area contributed by atoms with Crippen LogP contribution in [0.15, 0.2) is 36.4 Å². The van der Waals surface area contributed by atoms with Gasteiger partial charge in [0.2, 0.25) is 6.79 Å². The molecular weight excluding hydrogens is 362 g/mol. The first-order valence-corrected chi connectivity index (χ1v) is 9.25. The van der Waals surface area contributed by atoms with Crippen molar-refractivity contribution in [2.75, 3.05) is 40.7 Å². The van der Waals surface area contributed by atoms with Crippen LogP contribution >= 0.6 is 0 Å². The second kappa shape index (κ2) is 10.2. The van der Waals surface area contributed by atoms with E-state index in [9.17, 15) is 5.11 Å². The number of benzene rings is 2. The lowest BCUT2D eigenvalue weighted by molar-refractivity contribution is 0.0289. The Hall–Kier alpha value is -2.48. The molecule has 0 aromatic heterocycles. The molecule has 0 spiro atoms. The Morgan fingerprint density at radius 3 is 2.61 bits per heavy atom. The number of hydrogen-bond acceptors (Lipinski definition) is 7. The van der Waals surface area contributed by atoms with Gasteiger partial charge < -0.3 is 34.1 Å². The van der Waals surface area contributed by atoms with E-state index in [1.807, 2.05) is 36.4 Å². The lowest BCUT2D eigenvalue weighted by atomic mass is 10.1. The summed E-state index contributed by atoms with van der Waals surface area (Å²) in [6, 6.07) is 11.6. The molecule has 0 fully saturated rings. The lowest BCUT2D eigenvalue weighted by Gasteiger charge is -2.13. The van der Waals surface area contributed by atoms with Crippen molar-refractivity contribution in [1.82, 2.24) is 5.32 Å². The third-order valence-electron chi connectivity index (χ3n) is 4.43. The molecule has 1 aliphatic rings. The summed E-state index contributed by atoms with van der Waals surface area (Å²) in [6.07, 6.45) is 0.255. The summed E-state index contributed by atoms with van der Waals surface area (Å²) in [5, 5.41) is 13.3. The zero-order valence-electron chi connectivity index (χ0n) is 16.3. The molecule has 0 radical (unpaired) electrons. The van der Waals surface area contributed by atoms with Gasteiger partial charge in [0.1, 0.15) is 0 Å². The number of aliphatic hydroxyl groups excluding tert-OH is 1. The molecule has 3 rings (SSSR count). The minimum Gasteiger partial charge on any atom is -0.493 e. The van der Waals surface area contributed by atoms with Crippen LogP contribution in [0, 0.1) is 0 Å². The fourth-order valence-corrected chi connectivity index (χ4v) is 2.94. The van der Waals surface area contributed by atoms with E-state index < -0.39 is 6.10 Å². The number of ether oxygens (including phenoxy) is 5. The molecule has 28 heavy (non-hydrogen) atoms. The van der Waals surface area contributed by atoms with Gasteiger partial charge in [0.25, 0.3) is 0 Å². The molecule has 2 aromatic rings. The van der Waals surface area contributed by atoms with Crippen molar-refractivity contribution < 1.29 is 28.8 Å². The average molecular weight is 389 g/mol. The van der Waals surface area contributed by atoms with E-state index in [0.717, 1.165) is 41.3 Å². The highest BCUT2D eigenvalue weighted by atomic mass is 16.7. The summed E-state index contributed by atoms with van der Waals surface area (Å²) < 4.78 is 26.8. The summed E-state index contributed by atoms with van der Waals surface area (Å²) in [6.45, 7) is 2.15. The fourth-order valence-electron chi connectivity index (χ4n) is 2.94. The average Bonchev–Trinajstić information content (AvgIpc) is 3.19. The van der Waals surface area contributed by atoms with Gasteiger partial charge in [-0.15, -0.1) is 0 Å². The molecule has 1 heterocycles. The number of methoxy groups -OCH3 is 2. The third kappa shape index (κ3) is 5.51. The van der Waals surface area contributed by atoms with Gasteiger partial charge in [-0.25, -0.2) is 0 Å². The van der Waals surface area contributed by atoms with Crippen LogP contribution in [0.3, 0.4) is 0 Å².